The van der Waals surface area contributed by atoms with Crippen LogP contribution in [0.5, 0.6) is 5.75 Å². The quantitative estimate of drug-likeness (QED) is 0.537. The molecule has 0 aliphatic heterocycles. The number of alkyl carbamates (subject to hydrolysis) is 1. The van der Waals surface area contributed by atoms with E-state index in [-0.39, 0.29) is 5.91 Å². The standard InChI is InChI=1S/C24H29N3O4/c1-24(2,3)31-23(29)27-21(13-17-15-25-20-8-6-5-7-19(17)20)22(28)26-14-16-9-11-18(30-4)12-10-16/h5-12,15,21,25H,13-14H2,1-4H3,(H,26,28)(H,27,29)/t21-/m1/s1. The highest BCUT2D eigenvalue weighted by molar-refractivity contribution is 5.88. The third-order valence-corrected chi connectivity index (χ3v) is 4.73. The van der Waals surface area contributed by atoms with Gasteiger partial charge in [-0.05, 0) is 50.1 Å². The van der Waals surface area contributed by atoms with Gasteiger partial charge in [0, 0.05) is 30.1 Å². The molecule has 0 aliphatic carbocycles. The number of hydrogen-bond acceptors (Lipinski definition) is 4. The molecule has 164 valence electrons. The summed E-state index contributed by atoms with van der Waals surface area (Å²) in [5.41, 5.74) is 2.19. The summed E-state index contributed by atoms with van der Waals surface area (Å²) in [5, 5.41) is 6.64. The van der Waals surface area contributed by atoms with E-state index >= 15 is 0 Å². The highest BCUT2D eigenvalue weighted by atomic mass is 16.6. The average Bonchev–Trinajstić information content (AvgIpc) is 3.13. The van der Waals surface area contributed by atoms with E-state index in [1.807, 2.05) is 54.7 Å². The number of carbonyl (C=O) groups is 2. The van der Waals surface area contributed by atoms with Gasteiger partial charge < -0.3 is 25.1 Å². The summed E-state index contributed by atoms with van der Waals surface area (Å²) in [7, 11) is 1.61. The number of hydrogen-bond donors (Lipinski definition) is 3. The van der Waals surface area contributed by atoms with E-state index < -0.39 is 17.7 Å². The minimum Gasteiger partial charge on any atom is -0.497 e. The van der Waals surface area contributed by atoms with Gasteiger partial charge in [-0.2, -0.15) is 0 Å². The lowest BCUT2D eigenvalue weighted by Gasteiger charge is -2.23. The van der Waals surface area contributed by atoms with Crippen LogP contribution in [0.15, 0.2) is 54.7 Å². The Kier molecular flexibility index (Phi) is 6.84. The summed E-state index contributed by atoms with van der Waals surface area (Å²) in [6, 6.07) is 14.5. The molecule has 0 unspecified atom stereocenters. The molecule has 31 heavy (non-hydrogen) atoms. The Morgan fingerprint density at radius 2 is 1.77 bits per heavy atom. The number of amides is 2. The van der Waals surface area contributed by atoms with Crippen molar-refractivity contribution in [3.8, 4) is 5.75 Å². The van der Waals surface area contributed by atoms with E-state index in [4.69, 9.17) is 9.47 Å². The Hall–Kier alpha value is -3.48. The molecule has 0 radical (unpaired) electrons. The number of H-pyrrole nitrogens is 1. The second-order valence-corrected chi connectivity index (χ2v) is 8.33. The van der Waals surface area contributed by atoms with Crippen molar-refractivity contribution in [1.29, 1.82) is 0 Å². The zero-order valence-corrected chi connectivity index (χ0v) is 18.3. The number of rotatable bonds is 7. The summed E-state index contributed by atoms with van der Waals surface area (Å²) < 4.78 is 10.5. The molecule has 2 amide bonds. The van der Waals surface area contributed by atoms with Crippen LogP contribution in [-0.4, -0.2) is 35.7 Å². The van der Waals surface area contributed by atoms with Crippen molar-refractivity contribution in [3.05, 3.63) is 65.9 Å². The first-order valence-electron chi connectivity index (χ1n) is 10.2. The van der Waals surface area contributed by atoms with Crippen molar-refractivity contribution in [3.63, 3.8) is 0 Å². The fraction of sp³-hybridized carbons (Fsp3) is 0.333. The molecular formula is C24H29N3O4. The second-order valence-electron chi connectivity index (χ2n) is 8.33. The number of ether oxygens (including phenoxy) is 2. The van der Waals surface area contributed by atoms with Gasteiger partial charge >= 0.3 is 6.09 Å². The van der Waals surface area contributed by atoms with E-state index in [0.717, 1.165) is 27.8 Å². The van der Waals surface area contributed by atoms with Crippen LogP contribution in [0.3, 0.4) is 0 Å². The summed E-state index contributed by atoms with van der Waals surface area (Å²) >= 11 is 0. The molecule has 0 saturated heterocycles. The monoisotopic (exact) mass is 423 g/mol. The molecule has 0 fully saturated rings. The van der Waals surface area contributed by atoms with Gasteiger partial charge in [0.2, 0.25) is 5.91 Å². The van der Waals surface area contributed by atoms with Crippen LogP contribution in [0, 0.1) is 0 Å². The number of carbonyl (C=O) groups excluding carboxylic acids is 2. The Balaban J connectivity index is 1.73. The number of methoxy groups -OCH3 is 1. The zero-order chi connectivity index (χ0) is 22.4. The molecule has 2 aromatic carbocycles. The van der Waals surface area contributed by atoms with E-state index in [9.17, 15) is 9.59 Å². The summed E-state index contributed by atoms with van der Waals surface area (Å²) in [6.45, 7) is 5.68. The fourth-order valence-electron chi connectivity index (χ4n) is 3.24. The van der Waals surface area contributed by atoms with E-state index in [2.05, 4.69) is 15.6 Å². The van der Waals surface area contributed by atoms with Gasteiger partial charge in [0.1, 0.15) is 17.4 Å². The molecule has 0 aliphatic rings. The molecule has 1 atom stereocenters. The molecule has 0 spiro atoms. The van der Waals surface area contributed by atoms with Crippen LogP contribution < -0.4 is 15.4 Å². The molecule has 3 rings (SSSR count). The number of benzene rings is 2. The smallest absolute Gasteiger partial charge is 0.408 e. The Morgan fingerprint density at radius 3 is 2.45 bits per heavy atom. The van der Waals surface area contributed by atoms with Gasteiger partial charge in [-0.15, -0.1) is 0 Å². The number of aromatic amines is 1. The molecule has 7 nitrogen and oxygen atoms in total. The molecule has 3 N–H and O–H groups in total. The minimum atomic E-state index is -0.785. The molecule has 7 heteroatoms. The van der Waals surface area contributed by atoms with Crippen LogP contribution >= 0.6 is 0 Å². The van der Waals surface area contributed by atoms with Gasteiger partial charge in [-0.3, -0.25) is 4.79 Å². The van der Waals surface area contributed by atoms with E-state index in [1.54, 1.807) is 27.9 Å². The predicted octanol–water partition coefficient (Wildman–Crippen LogP) is 3.93. The molecule has 3 aromatic rings. The lowest BCUT2D eigenvalue weighted by Crippen LogP contribution is -2.49. The topological polar surface area (TPSA) is 92.5 Å². The average molecular weight is 424 g/mol. The normalized spacial score (nSPS) is 12.3. The SMILES string of the molecule is COc1ccc(CNC(=O)[C@@H](Cc2c[nH]c3ccccc23)NC(=O)OC(C)(C)C)cc1. The number of aromatic nitrogens is 1. The first-order valence-corrected chi connectivity index (χ1v) is 10.2. The van der Waals surface area contributed by atoms with Crippen molar-refractivity contribution in [2.75, 3.05) is 7.11 Å². The van der Waals surface area contributed by atoms with Crippen LogP contribution in [0.4, 0.5) is 4.79 Å². The maximum absolute atomic E-state index is 13.0. The lowest BCUT2D eigenvalue weighted by molar-refractivity contribution is -0.123. The summed E-state index contributed by atoms with van der Waals surface area (Å²) in [6.07, 6.45) is 1.57. The fourth-order valence-corrected chi connectivity index (χ4v) is 3.24. The van der Waals surface area contributed by atoms with Gasteiger partial charge in [0.25, 0.3) is 0 Å². The maximum Gasteiger partial charge on any atom is 0.408 e. The summed E-state index contributed by atoms with van der Waals surface area (Å²) in [5.74, 6) is 0.464. The first kappa shape index (κ1) is 22.2. The molecule has 1 aromatic heterocycles. The molecule has 0 bridgehead atoms. The van der Waals surface area contributed by atoms with Gasteiger partial charge in [0.15, 0.2) is 0 Å². The minimum absolute atomic E-state index is 0.285. The lowest BCUT2D eigenvalue weighted by atomic mass is 10.0. The van der Waals surface area contributed by atoms with Crippen LogP contribution in [0.1, 0.15) is 31.9 Å². The van der Waals surface area contributed by atoms with Gasteiger partial charge in [-0.1, -0.05) is 30.3 Å². The number of nitrogens with one attached hydrogen (secondary N) is 3. The molecule has 1 heterocycles. The Bertz CT molecular complexity index is 1030. The van der Waals surface area contributed by atoms with Crippen LogP contribution in [0.2, 0.25) is 0 Å². The number of para-hydroxylation sites is 1. The molecule has 0 saturated carbocycles. The van der Waals surface area contributed by atoms with Gasteiger partial charge in [-0.25, -0.2) is 4.79 Å². The first-order chi connectivity index (χ1) is 14.7. The third-order valence-electron chi connectivity index (χ3n) is 4.73. The third kappa shape index (κ3) is 6.25. The van der Waals surface area contributed by atoms with Crippen molar-refractivity contribution in [2.24, 2.45) is 0 Å². The highest BCUT2D eigenvalue weighted by Gasteiger charge is 2.25. The van der Waals surface area contributed by atoms with Crippen molar-refractivity contribution in [1.82, 2.24) is 15.6 Å². The van der Waals surface area contributed by atoms with Crippen LogP contribution in [0.25, 0.3) is 10.9 Å². The van der Waals surface area contributed by atoms with Crippen molar-refractivity contribution < 1.29 is 19.1 Å². The van der Waals surface area contributed by atoms with Gasteiger partial charge in [0.05, 0.1) is 7.11 Å². The number of fused-ring (bicyclic) bond motifs is 1. The van der Waals surface area contributed by atoms with E-state index in [0.29, 0.717) is 13.0 Å². The zero-order valence-electron chi connectivity index (χ0n) is 18.3. The van der Waals surface area contributed by atoms with Crippen molar-refractivity contribution >= 4 is 22.9 Å². The summed E-state index contributed by atoms with van der Waals surface area (Å²) in [4.78, 5) is 28.6. The Labute approximate surface area is 182 Å². The van der Waals surface area contributed by atoms with Crippen LogP contribution in [-0.2, 0) is 22.5 Å². The maximum atomic E-state index is 13.0. The largest absolute Gasteiger partial charge is 0.497 e. The predicted molar refractivity (Wildman–Crippen MR) is 120 cm³/mol. The second kappa shape index (κ2) is 9.55. The van der Waals surface area contributed by atoms with Crippen molar-refractivity contribution in [2.45, 2.75) is 45.4 Å². The highest BCUT2D eigenvalue weighted by Crippen LogP contribution is 2.19. The van der Waals surface area contributed by atoms with E-state index in [1.165, 1.54) is 0 Å². The molecular weight excluding hydrogens is 394 g/mol. The Morgan fingerprint density at radius 1 is 1.06 bits per heavy atom.